The van der Waals surface area contributed by atoms with Crippen LogP contribution in [0.4, 0.5) is 5.69 Å². The summed E-state index contributed by atoms with van der Waals surface area (Å²) in [6.45, 7) is 10.3. The minimum atomic E-state index is -0.191. The number of anilines is 1. The summed E-state index contributed by atoms with van der Waals surface area (Å²) in [5.41, 5.74) is 2.54. The number of benzene rings is 1. The smallest absolute Gasteiger partial charge is 0.228 e. The highest BCUT2D eigenvalue weighted by molar-refractivity contribution is 5.97. The largest absolute Gasteiger partial charge is 0.384 e. The molecule has 0 bridgehead atoms. The lowest BCUT2D eigenvalue weighted by Crippen LogP contribution is -2.18. The quantitative estimate of drug-likeness (QED) is 0.821. The summed E-state index contributed by atoms with van der Waals surface area (Å²) in [5, 5.41) is 11.8. The Morgan fingerprint density at radius 3 is 2.43 bits per heavy atom. The molecule has 21 heavy (non-hydrogen) atoms. The van der Waals surface area contributed by atoms with Crippen LogP contribution in [0.15, 0.2) is 18.2 Å². The summed E-state index contributed by atoms with van der Waals surface area (Å²) in [7, 11) is 0. The molecule has 1 aromatic rings. The van der Waals surface area contributed by atoms with Crippen molar-refractivity contribution in [2.75, 3.05) is 11.9 Å². The number of nitrogens with one attached hydrogen (secondary N) is 1. The Morgan fingerprint density at radius 1 is 1.29 bits per heavy atom. The van der Waals surface area contributed by atoms with Gasteiger partial charge in [-0.3, -0.25) is 4.79 Å². The molecule has 1 fully saturated rings. The van der Waals surface area contributed by atoms with Gasteiger partial charge in [0.2, 0.25) is 5.91 Å². The molecule has 0 aliphatic heterocycles. The molecule has 0 saturated heterocycles. The normalized spacial score (nSPS) is 18.6. The predicted octanol–water partition coefficient (Wildman–Crippen LogP) is 2.96. The number of hydrogen-bond donors (Lipinski definition) is 2. The number of hydrogen-bond acceptors (Lipinski definition) is 2. The zero-order valence-electron chi connectivity index (χ0n) is 13.4. The van der Waals surface area contributed by atoms with Crippen LogP contribution in [0.5, 0.6) is 0 Å². The first-order valence-electron chi connectivity index (χ1n) is 7.23. The predicted molar refractivity (Wildman–Crippen MR) is 84.8 cm³/mol. The number of aryl methyl sites for hydroxylation is 1. The van der Waals surface area contributed by atoms with E-state index in [2.05, 4.69) is 44.9 Å². The standard InChI is InChI=1S/C18H23NO2/c1-12-8-9-13(7-6-10-20)14(11-12)19-16(21)15-17(2,3)18(15,4)5/h8-9,11,15,20H,10H2,1-5H3,(H,19,21). The van der Waals surface area contributed by atoms with Crippen molar-refractivity contribution in [3.05, 3.63) is 29.3 Å². The maximum Gasteiger partial charge on any atom is 0.228 e. The maximum absolute atomic E-state index is 12.5. The van der Waals surface area contributed by atoms with Crippen LogP contribution in [0.2, 0.25) is 0 Å². The van der Waals surface area contributed by atoms with E-state index in [1.807, 2.05) is 25.1 Å². The Balaban J connectivity index is 2.24. The second-order valence-electron chi connectivity index (χ2n) is 6.87. The number of aliphatic hydroxyl groups excluding tert-OH is 1. The van der Waals surface area contributed by atoms with Crippen molar-refractivity contribution < 1.29 is 9.90 Å². The third-order valence-corrected chi connectivity index (χ3v) is 5.02. The molecule has 3 heteroatoms. The van der Waals surface area contributed by atoms with Gasteiger partial charge in [-0.2, -0.15) is 0 Å². The Bertz CT molecular complexity index is 618. The van der Waals surface area contributed by atoms with E-state index < -0.39 is 0 Å². The van der Waals surface area contributed by atoms with Crippen LogP contribution in [-0.4, -0.2) is 17.6 Å². The number of carbonyl (C=O) groups is 1. The third-order valence-electron chi connectivity index (χ3n) is 5.02. The van der Waals surface area contributed by atoms with Crippen LogP contribution in [0, 0.1) is 35.5 Å². The first kappa shape index (κ1) is 15.6. The van der Waals surface area contributed by atoms with Gasteiger partial charge in [0, 0.05) is 11.5 Å². The summed E-state index contributed by atoms with van der Waals surface area (Å²) in [5.74, 6) is 5.56. The van der Waals surface area contributed by atoms with E-state index in [1.165, 1.54) is 0 Å². The van der Waals surface area contributed by atoms with Crippen LogP contribution >= 0.6 is 0 Å². The van der Waals surface area contributed by atoms with Gasteiger partial charge in [0.05, 0.1) is 5.69 Å². The van der Waals surface area contributed by atoms with Gasteiger partial charge in [0.1, 0.15) is 6.61 Å². The van der Waals surface area contributed by atoms with Gasteiger partial charge in [-0.25, -0.2) is 0 Å². The van der Waals surface area contributed by atoms with Crippen LogP contribution in [-0.2, 0) is 4.79 Å². The Kier molecular flexibility index (Phi) is 3.86. The van der Waals surface area contributed by atoms with Gasteiger partial charge in [0.15, 0.2) is 0 Å². The molecule has 0 aromatic heterocycles. The lowest BCUT2D eigenvalue weighted by Gasteiger charge is -2.10. The van der Waals surface area contributed by atoms with E-state index in [4.69, 9.17) is 5.11 Å². The van der Waals surface area contributed by atoms with Crippen molar-refractivity contribution in [2.45, 2.75) is 34.6 Å². The van der Waals surface area contributed by atoms with Gasteiger partial charge in [-0.15, -0.1) is 0 Å². The van der Waals surface area contributed by atoms with E-state index in [0.29, 0.717) is 0 Å². The summed E-state index contributed by atoms with van der Waals surface area (Å²) in [6.07, 6.45) is 0. The van der Waals surface area contributed by atoms with Crippen molar-refractivity contribution in [3.63, 3.8) is 0 Å². The highest BCUT2D eigenvalue weighted by Crippen LogP contribution is 2.68. The van der Waals surface area contributed by atoms with Gasteiger partial charge >= 0.3 is 0 Å². The summed E-state index contributed by atoms with van der Waals surface area (Å²) >= 11 is 0. The van der Waals surface area contributed by atoms with E-state index in [-0.39, 0.29) is 29.3 Å². The summed E-state index contributed by atoms with van der Waals surface area (Å²) in [6, 6.07) is 5.74. The van der Waals surface area contributed by atoms with E-state index in [9.17, 15) is 4.79 Å². The molecule has 3 nitrogen and oxygen atoms in total. The molecular weight excluding hydrogens is 262 g/mol. The Labute approximate surface area is 126 Å². The van der Waals surface area contributed by atoms with Crippen LogP contribution in [0.1, 0.15) is 38.8 Å². The van der Waals surface area contributed by atoms with Crippen LogP contribution in [0.3, 0.4) is 0 Å². The molecule has 2 rings (SSSR count). The molecule has 1 saturated carbocycles. The van der Waals surface area contributed by atoms with E-state index >= 15 is 0 Å². The zero-order valence-corrected chi connectivity index (χ0v) is 13.4. The minimum absolute atomic E-state index is 0.00385. The molecule has 1 aliphatic carbocycles. The van der Waals surface area contributed by atoms with Crippen molar-refractivity contribution in [1.29, 1.82) is 0 Å². The molecule has 0 radical (unpaired) electrons. The zero-order chi connectivity index (χ0) is 15.8. The van der Waals surface area contributed by atoms with Gasteiger partial charge < -0.3 is 10.4 Å². The molecule has 0 atom stereocenters. The Hall–Kier alpha value is -1.79. The first-order valence-corrected chi connectivity index (χ1v) is 7.23. The topological polar surface area (TPSA) is 49.3 Å². The second-order valence-corrected chi connectivity index (χ2v) is 6.87. The van der Waals surface area contributed by atoms with Crippen molar-refractivity contribution in [2.24, 2.45) is 16.7 Å². The van der Waals surface area contributed by atoms with Crippen molar-refractivity contribution >= 4 is 11.6 Å². The van der Waals surface area contributed by atoms with E-state index in [0.717, 1.165) is 16.8 Å². The maximum atomic E-state index is 12.5. The molecule has 1 aromatic carbocycles. The van der Waals surface area contributed by atoms with Gasteiger partial charge in [-0.05, 0) is 35.4 Å². The molecule has 1 aliphatic rings. The third kappa shape index (κ3) is 2.69. The summed E-state index contributed by atoms with van der Waals surface area (Å²) in [4.78, 5) is 12.5. The van der Waals surface area contributed by atoms with Crippen molar-refractivity contribution in [3.8, 4) is 11.8 Å². The molecule has 1 amide bonds. The minimum Gasteiger partial charge on any atom is -0.384 e. The lowest BCUT2D eigenvalue weighted by molar-refractivity contribution is -0.118. The van der Waals surface area contributed by atoms with Crippen LogP contribution < -0.4 is 5.32 Å². The molecule has 0 spiro atoms. The fraction of sp³-hybridized carbons (Fsp3) is 0.500. The number of carbonyl (C=O) groups excluding carboxylic acids is 1. The Morgan fingerprint density at radius 2 is 1.90 bits per heavy atom. The average molecular weight is 285 g/mol. The van der Waals surface area contributed by atoms with E-state index in [1.54, 1.807) is 0 Å². The SMILES string of the molecule is Cc1ccc(C#CCO)c(NC(=O)C2C(C)(C)C2(C)C)c1. The van der Waals surface area contributed by atoms with Gasteiger partial charge in [0.25, 0.3) is 0 Å². The number of rotatable bonds is 2. The fourth-order valence-electron chi connectivity index (χ4n) is 3.06. The fourth-order valence-corrected chi connectivity index (χ4v) is 3.06. The molecular formula is C18H23NO2. The van der Waals surface area contributed by atoms with Gasteiger partial charge in [-0.1, -0.05) is 45.6 Å². The lowest BCUT2D eigenvalue weighted by atomic mass is 10.0. The second kappa shape index (κ2) is 5.20. The molecule has 0 heterocycles. The number of amides is 1. The average Bonchev–Trinajstić information content (AvgIpc) is 2.78. The first-order chi connectivity index (χ1) is 9.71. The highest BCUT2D eigenvalue weighted by Gasteiger charge is 2.68. The molecule has 0 unspecified atom stereocenters. The molecule has 2 N–H and O–H groups in total. The summed E-state index contributed by atoms with van der Waals surface area (Å²) < 4.78 is 0. The monoisotopic (exact) mass is 285 g/mol. The number of aliphatic hydroxyl groups is 1. The molecule has 112 valence electrons. The highest BCUT2D eigenvalue weighted by atomic mass is 16.2. The van der Waals surface area contributed by atoms with Crippen molar-refractivity contribution in [1.82, 2.24) is 0 Å². The van der Waals surface area contributed by atoms with Crippen LogP contribution in [0.25, 0.3) is 0 Å².